The van der Waals surface area contributed by atoms with E-state index in [0.717, 1.165) is 18.2 Å². The summed E-state index contributed by atoms with van der Waals surface area (Å²) < 4.78 is 19.1. The fraction of sp³-hybridized carbons (Fsp3) is 0.238. The van der Waals surface area contributed by atoms with Crippen LogP contribution in [0.5, 0.6) is 0 Å². The number of morpholine rings is 1. The zero-order chi connectivity index (χ0) is 22.3. The lowest BCUT2D eigenvalue weighted by molar-refractivity contribution is -0.113. The van der Waals surface area contributed by atoms with E-state index in [9.17, 15) is 14.0 Å². The Kier molecular flexibility index (Phi) is 7.30. The summed E-state index contributed by atoms with van der Waals surface area (Å²) in [6, 6.07) is 12.2. The predicted molar refractivity (Wildman–Crippen MR) is 123 cm³/mol. The number of halogens is 1. The number of anilines is 3. The predicted octanol–water partition coefficient (Wildman–Crippen LogP) is 3.50. The minimum atomic E-state index is -0.403. The molecule has 4 rings (SSSR count). The molecule has 0 aliphatic carbocycles. The van der Waals surface area contributed by atoms with Crippen LogP contribution in [0.4, 0.5) is 20.9 Å². The second kappa shape index (κ2) is 10.5. The average molecular weight is 474 g/mol. The largest absolute Gasteiger partial charge is 0.378 e. The van der Waals surface area contributed by atoms with Gasteiger partial charge in [0, 0.05) is 18.8 Å². The Bertz CT molecular complexity index is 1090. The Morgan fingerprint density at radius 3 is 2.59 bits per heavy atom. The molecule has 2 aromatic carbocycles. The van der Waals surface area contributed by atoms with E-state index >= 15 is 0 Å². The van der Waals surface area contributed by atoms with Gasteiger partial charge in [0.05, 0.1) is 30.2 Å². The molecule has 3 aromatic rings. The Morgan fingerprint density at radius 1 is 1.06 bits per heavy atom. The maximum Gasteiger partial charge on any atom is 0.257 e. The highest BCUT2D eigenvalue weighted by molar-refractivity contribution is 8.01. The number of rotatable bonds is 7. The van der Waals surface area contributed by atoms with Gasteiger partial charge in [0.25, 0.3) is 5.91 Å². The van der Waals surface area contributed by atoms with Crippen molar-refractivity contribution in [2.75, 3.05) is 47.6 Å². The molecule has 1 saturated heterocycles. The summed E-state index contributed by atoms with van der Waals surface area (Å²) in [5.41, 5.74) is 1.16. The highest BCUT2D eigenvalue weighted by atomic mass is 32.2. The SMILES string of the molecule is O=C(CSc1nnc(N2CCOCC2)s1)Nc1ccccc1C(=O)Nc1ccc(F)cc1. The van der Waals surface area contributed by atoms with Crippen LogP contribution in [-0.2, 0) is 9.53 Å². The van der Waals surface area contributed by atoms with E-state index in [4.69, 9.17) is 4.74 Å². The summed E-state index contributed by atoms with van der Waals surface area (Å²) in [5.74, 6) is -0.925. The standard InChI is InChI=1S/C21H20FN5O3S2/c22-14-5-7-15(8-6-14)23-19(29)16-3-1-2-4-17(16)24-18(28)13-31-21-26-25-20(32-21)27-9-11-30-12-10-27/h1-8H,9-13H2,(H,23,29)(H,24,28). The highest BCUT2D eigenvalue weighted by Crippen LogP contribution is 2.28. The third-order valence-electron chi connectivity index (χ3n) is 4.55. The lowest BCUT2D eigenvalue weighted by atomic mass is 10.1. The van der Waals surface area contributed by atoms with E-state index in [1.807, 2.05) is 0 Å². The van der Waals surface area contributed by atoms with Gasteiger partial charge in [-0.3, -0.25) is 9.59 Å². The van der Waals surface area contributed by atoms with Gasteiger partial charge in [0.15, 0.2) is 4.34 Å². The quantitative estimate of drug-likeness (QED) is 0.507. The number of para-hydroxylation sites is 1. The van der Waals surface area contributed by atoms with Crippen LogP contribution in [0.15, 0.2) is 52.9 Å². The molecule has 0 saturated carbocycles. The van der Waals surface area contributed by atoms with Crippen molar-refractivity contribution in [1.29, 1.82) is 0 Å². The minimum absolute atomic E-state index is 0.131. The fourth-order valence-electron chi connectivity index (χ4n) is 2.98. The molecule has 166 valence electrons. The third-order valence-corrected chi connectivity index (χ3v) is 6.67. The highest BCUT2D eigenvalue weighted by Gasteiger charge is 2.17. The lowest BCUT2D eigenvalue weighted by Crippen LogP contribution is -2.36. The summed E-state index contributed by atoms with van der Waals surface area (Å²) in [6.45, 7) is 2.88. The molecule has 2 N–H and O–H groups in total. The Morgan fingerprint density at radius 2 is 1.81 bits per heavy atom. The first-order valence-corrected chi connectivity index (χ1v) is 11.6. The van der Waals surface area contributed by atoms with Gasteiger partial charge in [0.2, 0.25) is 11.0 Å². The molecule has 0 atom stereocenters. The smallest absolute Gasteiger partial charge is 0.257 e. The van der Waals surface area contributed by atoms with E-state index < -0.39 is 5.91 Å². The number of thioether (sulfide) groups is 1. The molecular formula is C21H20FN5O3S2. The van der Waals surface area contributed by atoms with Gasteiger partial charge < -0.3 is 20.3 Å². The van der Waals surface area contributed by atoms with Crippen LogP contribution in [0.1, 0.15) is 10.4 Å². The van der Waals surface area contributed by atoms with Crippen LogP contribution in [0, 0.1) is 5.82 Å². The van der Waals surface area contributed by atoms with Crippen molar-refractivity contribution < 1.29 is 18.7 Å². The third kappa shape index (κ3) is 5.81. The van der Waals surface area contributed by atoms with Crippen LogP contribution < -0.4 is 15.5 Å². The first-order valence-electron chi connectivity index (χ1n) is 9.83. The molecule has 2 amide bonds. The van der Waals surface area contributed by atoms with Crippen molar-refractivity contribution in [1.82, 2.24) is 10.2 Å². The summed E-state index contributed by atoms with van der Waals surface area (Å²) in [4.78, 5) is 27.2. The summed E-state index contributed by atoms with van der Waals surface area (Å²) >= 11 is 2.73. The molecule has 32 heavy (non-hydrogen) atoms. The molecule has 1 aromatic heterocycles. The number of hydrogen-bond acceptors (Lipinski definition) is 8. The maximum atomic E-state index is 13.1. The number of hydrogen-bond donors (Lipinski definition) is 2. The minimum Gasteiger partial charge on any atom is -0.378 e. The Balaban J connectivity index is 1.34. The Hall–Kier alpha value is -3.02. The first kappa shape index (κ1) is 22.2. The van der Waals surface area contributed by atoms with E-state index in [0.29, 0.717) is 34.5 Å². The van der Waals surface area contributed by atoms with Gasteiger partial charge in [-0.2, -0.15) is 0 Å². The topological polar surface area (TPSA) is 96.5 Å². The molecule has 0 bridgehead atoms. The zero-order valence-corrected chi connectivity index (χ0v) is 18.5. The zero-order valence-electron chi connectivity index (χ0n) is 16.9. The molecule has 0 spiro atoms. The average Bonchev–Trinajstić information content (AvgIpc) is 3.29. The maximum absolute atomic E-state index is 13.1. The van der Waals surface area contributed by atoms with Crippen LogP contribution in [0.25, 0.3) is 0 Å². The van der Waals surface area contributed by atoms with Crippen molar-refractivity contribution in [3.05, 3.63) is 59.9 Å². The number of aromatic nitrogens is 2. The monoisotopic (exact) mass is 473 g/mol. The summed E-state index contributed by atoms with van der Waals surface area (Å²) in [5, 5.41) is 14.6. The van der Waals surface area contributed by atoms with Crippen molar-refractivity contribution >= 4 is 51.4 Å². The van der Waals surface area contributed by atoms with Gasteiger partial charge in [-0.1, -0.05) is 35.2 Å². The molecule has 11 heteroatoms. The van der Waals surface area contributed by atoms with Gasteiger partial charge in [0.1, 0.15) is 5.82 Å². The van der Waals surface area contributed by atoms with Crippen molar-refractivity contribution in [2.24, 2.45) is 0 Å². The van der Waals surface area contributed by atoms with E-state index in [2.05, 4.69) is 25.7 Å². The number of nitrogens with one attached hydrogen (secondary N) is 2. The lowest BCUT2D eigenvalue weighted by Gasteiger charge is -2.25. The molecule has 2 heterocycles. The second-order valence-electron chi connectivity index (χ2n) is 6.79. The molecule has 0 unspecified atom stereocenters. The van der Waals surface area contributed by atoms with Crippen molar-refractivity contribution in [2.45, 2.75) is 4.34 Å². The van der Waals surface area contributed by atoms with Crippen molar-refractivity contribution in [3.8, 4) is 0 Å². The molecule has 0 radical (unpaired) electrons. The number of carbonyl (C=O) groups excluding carboxylic acids is 2. The van der Waals surface area contributed by atoms with Crippen LogP contribution in [0.2, 0.25) is 0 Å². The molecular weight excluding hydrogens is 453 g/mol. The van der Waals surface area contributed by atoms with Crippen molar-refractivity contribution in [3.63, 3.8) is 0 Å². The molecule has 1 fully saturated rings. The normalized spacial score (nSPS) is 13.6. The van der Waals surface area contributed by atoms with Crippen LogP contribution >= 0.6 is 23.1 Å². The number of amides is 2. The van der Waals surface area contributed by atoms with Crippen LogP contribution in [-0.4, -0.2) is 54.1 Å². The molecule has 1 aliphatic heterocycles. The van der Waals surface area contributed by atoms with Crippen LogP contribution in [0.3, 0.4) is 0 Å². The summed E-state index contributed by atoms with van der Waals surface area (Å²) in [7, 11) is 0. The summed E-state index contributed by atoms with van der Waals surface area (Å²) in [6.07, 6.45) is 0. The van der Waals surface area contributed by atoms with E-state index in [1.54, 1.807) is 24.3 Å². The Labute approximate surface area is 192 Å². The van der Waals surface area contributed by atoms with Gasteiger partial charge >= 0.3 is 0 Å². The van der Waals surface area contributed by atoms with E-state index in [-0.39, 0.29) is 17.5 Å². The number of nitrogens with zero attached hydrogens (tertiary/aromatic N) is 3. The number of ether oxygens (including phenoxy) is 1. The van der Waals surface area contributed by atoms with E-state index in [1.165, 1.54) is 47.4 Å². The molecule has 8 nitrogen and oxygen atoms in total. The fourth-order valence-corrected chi connectivity index (χ4v) is 4.67. The second-order valence-corrected chi connectivity index (χ2v) is 8.97. The first-order chi connectivity index (χ1) is 15.6. The number of benzene rings is 2. The van der Waals surface area contributed by atoms with Gasteiger partial charge in [-0.15, -0.1) is 10.2 Å². The van der Waals surface area contributed by atoms with Gasteiger partial charge in [-0.25, -0.2) is 4.39 Å². The van der Waals surface area contributed by atoms with Gasteiger partial charge in [-0.05, 0) is 36.4 Å². The molecule has 1 aliphatic rings. The number of carbonyl (C=O) groups is 2.